The molecule has 0 atom stereocenters. The van der Waals surface area contributed by atoms with Gasteiger partial charge in [0.2, 0.25) is 5.95 Å². The van der Waals surface area contributed by atoms with Crippen LogP contribution in [0, 0.1) is 11.7 Å². The highest BCUT2D eigenvalue weighted by Gasteiger charge is 2.22. The first-order chi connectivity index (χ1) is 14.6. The van der Waals surface area contributed by atoms with Crippen LogP contribution in [0.2, 0.25) is 0 Å². The van der Waals surface area contributed by atoms with Crippen LogP contribution in [0.5, 0.6) is 0 Å². The lowest BCUT2D eigenvalue weighted by Gasteiger charge is -2.29. The summed E-state index contributed by atoms with van der Waals surface area (Å²) in [5.41, 5.74) is 1.96. The number of anilines is 2. The second kappa shape index (κ2) is 9.39. The third-order valence-electron chi connectivity index (χ3n) is 5.84. The highest BCUT2D eigenvalue weighted by Crippen LogP contribution is 2.28. The van der Waals surface area contributed by atoms with Gasteiger partial charge in [0.05, 0.1) is 5.52 Å². The van der Waals surface area contributed by atoms with Crippen LogP contribution in [0.4, 0.5) is 16.2 Å². The van der Waals surface area contributed by atoms with Gasteiger partial charge < -0.3 is 15.5 Å². The van der Waals surface area contributed by atoms with Crippen molar-refractivity contribution in [2.45, 2.75) is 38.3 Å². The van der Waals surface area contributed by atoms with Gasteiger partial charge >= 0.3 is 0 Å². The van der Waals surface area contributed by atoms with Crippen molar-refractivity contribution in [2.75, 3.05) is 30.9 Å². The molecule has 1 aromatic heterocycles. The zero-order valence-electron chi connectivity index (χ0n) is 17.7. The molecule has 0 saturated heterocycles. The van der Waals surface area contributed by atoms with E-state index in [1.807, 2.05) is 43.3 Å². The zero-order valence-corrected chi connectivity index (χ0v) is 17.7. The van der Waals surface area contributed by atoms with E-state index in [4.69, 9.17) is 9.97 Å². The van der Waals surface area contributed by atoms with Crippen LogP contribution in [0.3, 0.4) is 0 Å². The molecule has 1 fully saturated rings. The van der Waals surface area contributed by atoms with Gasteiger partial charge in [0.25, 0.3) is 0 Å². The Bertz CT molecular complexity index is 982. The summed E-state index contributed by atoms with van der Waals surface area (Å²) in [6.07, 6.45) is 4.56. The Labute approximate surface area is 177 Å². The van der Waals surface area contributed by atoms with Crippen LogP contribution >= 0.6 is 0 Å². The molecule has 0 aliphatic heterocycles. The average molecular weight is 408 g/mol. The number of rotatable bonds is 7. The Hall–Kier alpha value is -2.73. The molecule has 1 saturated carbocycles. The van der Waals surface area contributed by atoms with Gasteiger partial charge in [-0.3, -0.25) is 0 Å². The van der Waals surface area contributed by atoms with E-state index < -0.39 is 0 Å². The van der Waals surface area contributed by atoms with Gasteiger partial charge in [0, 0.05) is 32.1 Å². The van der Waals surface area contributed by atoms with Crippen molar-refractivity contribution in [3.8, 4) is 0 Å². The van der Waals surface area contributed by atoms with Crippen molar-refractivity contribution in [2.24, 2.45) is 5.92 Å². The van der Waals surface area contributed by atoms with Crippen LogP contribution < -0.4 is 15.5 Å². The third kappa shape index (κ3) is 5.05. The van der Waals surface area contributed by atoms with Crippen molar-refractivity contribution in [1.29, 1.82) is 0 Å². The summed E-state index contributed by atoms with van der Waals surface area (Å²) in [7, 11) is 4.03. The Morgan fingerprint density at radius 2 is 1.80 bits per heavy atom. The molecule has 0 spiro atoms. The minimum absolute atomic E-state index is 0.172. The molecule has 0 bridgehead atoms. The number of hydrogen-bond acceptors (Lipinski definition) is 5. The standard InChI is InChI=1S/C24H30FN5/c1-30(2)23-21-8-3-4-9-22(21)28-24(29-23)27-20-12-10-17(11-13-20)15-26-16-18-6-5-7-19(25)14-18/h3-9,14,17,20,26H,10-13,15-16H2,1-2H3,(H,27,28,29)/t17-,20+. The summed E-state index contributed by atoms with van der Waals surface area (Å²) in [4.78, 5) is 11.5. The average Bonchev–Trinajstić information content (AvgIpc) is 2.74. The monoisotopic (exact) mass is 407 g/mol. The molecule has 0 unspecified atom stereocenters. The van der Waals surface area contributed by atoms with Crippen LogP contribution in [-0.4, -0.2) is 36.6 Å². The Balaban J connectivity index is 1.29. The second-order valence-corrected chi connectivity index (χ2v) is 8.41. The maximum atomic E-state index is 13.3. The molecule has 5 nitrogen and oxygen atoms in total. The number of nitrogens with zero attached hydrogens (tertiary/aromatic N) is 3. The predicted molar refractivity (Wildman–Crippen MR) is 121 cm³/mol. The summed E-state index contributed by atoms with van der Waals surface area (Å²) in [5.74, 6) is 2.14. The van der Waals surface area contributed by atoms with E-state index in [0.717, 1.165) is 41.7 Å². The van der Waals surface area contributed by atoms with Crippen LogP contribution in [0.25, 0.3) is 10.9 Å². The van der Waals surface area contributed by atoms with Gasteiger partial charge in [0.15, 0.2) is 0 Å². The molecule has 4 rings (SSSR count). The first kappa shape index (κ1) is 20.5. The maximum absolute atomic E-state index is 13.3. The van der Waals surface area contributed by atoms with E-state index in [0.29, 0.717) is 24.5 Å². The molecule has 1 aliphatic carbocycles. The molecule has 158 valence electrons. The van der Waals surface area contributed by atoms with Gasteiger partial charge in [-0.2, -0.15) is 4.98 Å². The van der Waals surface area contributed by atoms with Gasteiger partial charge in [-0.25, -0.2) is 9.37 Å². The first-order valence-corrected chi connectivity index (χ1v) is 10.7. The highest BCUT2D eigenvalue weighted by atomic mass is 19.1. The van der Waals surface area contributed by atoms with E-state index in [1.165, 1.54) is 18.9 Å². The van der Waals surface area contributed by atoms with Crippen molar-refractivity contribution in [3.05, 3.63) is 59.9 Å². The van der Waals surface area contributed by atoms with E-state index >= 15 is 0 Å². The van der Waals surface area contributed by atoms with Crippen molar-refractivity contribution >= 4 is 22.7 Å². The Kier molecular flexibility index (Phi) is 6.43. The van der Waals surface area contributed by atoms with Crippen LogP contribution in [0.1, 0.15) is 31.2 Å². The predicted octanol–water partition coefficient (Wildman–Crippen LogP) is 4.60. The number of fused-ring (bicyclic) bond motifs is 1. The highest BCUT2D eigenvalue weighted by molar-refractivity contribution is 5.90. The number of hydrogen-bond donors (Lipinski definition) is 2. The molecule has 30 heavy (non-hydrogen) atoms. The van der Waals surface area contributed by atoms with Gasteiger partial charge in [0.1, 0.15) is 11.6 Å². The minimum Gasteiger partial charge on any atom is -0.362 e. The lowest BCUT2D eigenvalue weighted by atomic mass is 9.86. The smallest absolute Gasteiger partial charge is 0.225 e. The molecule has 0 amide bonds. The lowest BCUT2D eigenvalue weighted by Crippen LogP contribution is -2.31. The third-order valence-corrected chi connectivity index (χ3v) is 5.84. The van der Waals surface area contributed by atoms with Crippen molar-refractivity contribution < 1.29 is 4.39 Å². The fraction of sp³-hybridized carbons (Fsp3) is 0.417. The lowest BCUT2D eigenvalue weighted by molar-refractivity contribution is 0.323. The number of aromatic nitrogens is 2. The molecule has 2 N–H and O–H groups in total. The second-order valence-electron chi connectivity index (χ2n) is 8.41. The van der Waals surface area contributed by atoms with Gasteiger partial charge in [-0.05, 0) is 68.0 Å². The number of halogens is 1. The summed E-state index contributed by atoms with van der Waals surface area (Å²) in [6, 6.07) is 15.4. The first-order valence-electron chi connectivity index (χ1n) is 10.7. The minimum atomic E-state index is -0.172. The van der Waals surface area contributed by atoms with Crippen molar-refractivity contribution in [1.82, 2.24) is 15.3 Å². The summed E-state index contributed by atoms with van der Waals surface area (Å²) in [5, 5.41) is 8.12. The number of nitrogens with one attached hydrogen (secondary N) is 2. The molecular weight excluding hydrogens is 377 g/mol. The molecule has 0 radical (unpaired) electrons. The molecule has 1 aliphatic rings. The summed E-state index contributed by atoms with van der Waals surface area (Å²) >= 11 is 0. The SMILES string of the molecule is CN(C)c1nc(N[C@H]2CC[C@@H](CNCc3cccc(F)c3)CC2)nc2ccccc12. The van der Waals surface area contributed by atoms with E-state index in [9.17, 15) is 4.39 Å². The quantitative estimate of drug-likeness (QED) is 0.600. The van der Waals surface area contributed by atoms with Crippen molar-refractivity contribution in [3.63, 3.8) is 0 Å². The van der Waals surface area contributed by atoms with E-state index in [1.54, 1.807) is 12.1 Å². The fourth-order valence-electron chi connectivity index (χ4n) is 4.23. The Morgan fingerprint density at radius 3 is 2.57 bits per heavy atom. The summed E-state index contributed by atoms with van der Waals surface area (Å²) < 4.78 is 13.3. The molecule has 6 heteroatoms. The Morgan fingerprint density at radius 1 is 1.00 bits per heavy atom. The van der Waals surface area contributed by atoms with Gasteiger partial charge in [-0.1, -0.05) is 24.3 Å². The molecule has 2 aromatic carbocycles. The number of benzene rings is 2. The van der Waals surface area contributed by atoms with E-state index in [-0.39, 0.29) is 5.82 Å². The topological polar surface area (TPSA) is 53.1 Å². The van der Waals surface area contributed by atoms with Gasteiger partial charge in [-0.15, -0.1) is 0 Å². The van der Waals surface area contributed by atoms with Crippen LogP contribution in [-0.2, 0) is 6.54 Å². The number of para-hydroxylation sites is 1. The largest absolute Gasteiger partial charge is 0.362 e. The molecule has 3 aromatic rings. The fourth-order valence-corrected chi connectivity index (χ4v) is 4.23. The normalized spacial score (nSPS) is 19.0. The molecule has 1 heterocycles. The maximum Gasteiger partial charge on any atom is 0.225 e. The zero-order chi connectivity index (χ0) is 20.9. The van der Waals surface area contributed by atoms with Crippen LogP contribution in [0.15, 0.2) is 48.5 Å². The van der Waals surface area contributed by atoms with E-state index in [2.05, 4.69) is 16.7 Å². The molecular formula is C24H30FN5. The summed E-state index contributed by atoms with van der Waals surface area (Å²) in [6.45, 7) is 1.69.